The van der Waals surface area contributed by atoms with E-state index >= 15 is 0 Å². The highest BCUT2D eigenvalue weighted by molar-refractivity contribution is 5.44. The van der Waals surface area contributed by atoms with Crippen molar-refractivity contribution in [2.75, 3.05) is 12.5 Å². The smallest absolute Gasteiger partial charge is 0.293 e. The highest BCUT2D eigenvalue weighted by Crippen LogP contribution is 2.13. The second kappa shape index (κ2) is 7.51. The van der Waals surface area contributed by atoms with Gasteiger partial charge in [-0.05, 0) is 45.0 Å². The molecule has 0 saturated carbocycles. The Kier molecular flexibility index (Phi) is 6.74. The first kappa shape index (κ1) is 15.2. The molecule has 0 spiro atoms. The highest BCUT2D eigenvalue weighted by atomic mass is 16.5. The Labute approximate surface area is 102 Å². The minimum Gasteiger partial charge on any atom is -0.497 e. The van der Waals surface area contributed by atoms with Crippen LogP contribution in [0.3, 0.4) is 0 Å². The summed E-state index contributed by atoms with van der Waals surface area (Å²) in [5, 5.41) is 0. The summed E-state index contributed by atoms with van der Waals surface area (Å²) in [5.41, 5.74) is 3.08. The maximum atomic E-state index is 9.60. The van der Waals surface area contributed by atoms with Crippen molar-refractivity contribution in [3.05, 3.63) is 24.3 Å². The SMILES string of the molecule is CC(C)(C)OC=O.COc1ccc(NN)cc1. The zero-order chi connectivity index (χ0) is 13.3. The molecule has 0 radical (unpaired) electrons. The number of benzene rings is 1. The highest BCUT2D eigenvalue weighted by Gasteiger charge is 2.07. The first-order valence-electron chi connectivity index (χ1n) is 5.15. The molecule has 0 aliphatic carbocycles. The molecular formula is C12H20N2O3. The topological polar surface area (TPSA) is 73.6 Å². The van der Waals surface area contributed by atoms with Crippen LogP contribution in [-0.2, 0) is 9.53 Å². The number of hydrazine groups is 1. The molecule has 0 fully saturated rings. The number of nitrogens with one attached hydrogen (secondary N) is 1. The molecule has 0 amide bonds. The van der Waals surface area contributed by atoms with E-state index in [9.17, 15) is 4.79 Å². The fourth-order valence-corrected chi connectivity index (χ4v) is 0.832. The predicted molar refractivity (Wildman–Crippen MR) is 67.7 cm³/mol. The summed E-state index contributed by atoms with van der Waals surface area (Å²) in [4.78, 5) is 9.60. The average molecular weight is 240 g/mol. The number of hydrogen-bond acceptors (Lipinski definition) is 5. The van der Waals surface area contributed by atoms with Crippen LogP contribution in [-0.4, -0.2) is 19.2 Å². The van der Waals surface area contributed by atoms with Crippen molar-refractivity contribution in [3.63, 3.8) is 0 Å². The molecule has 5 heteroatoms. The number of carbonyl (C=O) groups is 1. The van der Waals surface area contributed by atoms with Gasteiger partial charge in [0, 0.05) is 5.69 Å². The Morgan fingerprint density at radius 2 is 1.76 bits per heavy atom. The fraction of sp³-hybridized carbons (Fsp3) is 0.417. The van der Waals surface area contributed by atoms with E-state index in [0.29, 0.717) is 6.47 Å². The van der Waals surface area contributed by atoms with Gasteiger partial charge in [0.25, 0.3) is 6.47 Å². The van der Waals surface area contributed by atoms with Gasteiger partial charge in [-0.2, -0.15) is 0 Å². The number of nitrogen functional groups attached to an aromatic ring is 1. The van der Waals surface area contributed by atoms with Crippen LogP contribution in [0, 0.1) is 0 Å². The van der Waals surface area contributed by atoms with Gasteiger partial charge in [0.1, 0.15) is 11.4 Å². The van der Waals surface area contributed by atoms with Crippen LogP contribution in [0.4, 0.5) is 5.69 Å². The van der Waals surface area contributed by atoms with Gasteiger partial charge >= 0.3 is 0 Å². The summed E-state index contributed by atoms with van der Waals surface area (Å²) >= 11 is 0. The van der Waals surface area contributed by atoms with Gasteiger partial charge in [0.05, 0.1) is 7.11 Å². The van der Waals surface area contributed by atoms with Crippen molar-refractivity contribution < 1.29 is 14.3 Å². The molecule has 0 atom stereocenters. The molecule has 0 bridgehead atoms. The number of ether oxygens (including phenoxy) is 2. The number of methoxy groups -OCH3 is 1. The molecular weight excluding hydrogens is 220 g/mol. The molecule has 96 valence electrons. The van der Waals surface area contributed by atoms with Crippen molar-refractivity contribution in [3.8, 4) is 5.75 Å². The van der Waals surface area contributed by atoms with Crippen molar-refractivity contribution in [2.24, 2.45) is 5.84 Å². The Morgan fingerprint density at radius 3 is 2.00 bits per heavy atom. The Morgan fingerprint density at radius 1 is 1.24 bits per heavy atom. The van der Waals surface area contributed by atoms with Crippen LogP contribution in [0.15, 0.2) is 24.3 Å². The molecule has 1 aromatic rings. The van der Waals surface area contributed by atoms with E-state index in [0.717, 1.165) is 11.4 Å². The summed E-state index contributed by atoms with van der Waals surface area (Å²) in [6.07, 6.45) is 0. The lowest BCUT2D eigenvalue weighted by atomic mass is 10.2. The molecule has 1 aromatic carbocycles. The maximum Gasteiger partial charge on any atom is 0.293 e. The van der Waals surface area contributed by atoms with Crippen molar-refractivity contribution >= 4 is 12.2 Å². The standard InChI is InChI=1S/C7H10N2O.C5H10O2/c1-10-7-4-2-6(9-8)3-5-7;1-5(2,3)7-4-6/h2-5,9H,8H2,1H3;4H,1-3H3. The van der Waals surface area contributed by atoms with Gasteiger partial charge in [-0.1, -0.05) is 0 Å². The Balaban J connectivity index is 0.000000325. The van der Waals surface area contributed by atoms with E-state index in [4.69, 9.17) is 10.6 Å². The minimum atomic E-state index is -0.318. The molecule has 0 saturated heterocycles. The number of nitrogens with two attached hydrogens (primary N) is 1. The molecule has 1 rings (SSSR count). The van der Waals surface area contributed by atoms with Crippen molar-refractivity contribution in [2.45, 2.75) is 26.4 Å². The van der Waals surface area contributed by atoms with Crippen molar-refractivity contribution in [1.29, 1.82) is 0 Å². The number of rotatable bonds is 3. The van der Waals surface area contributed by atoms with Crippen LogP contribution >= 0.6 is 0 Å². The monoisotopic (exact) mass is 240 g/mol. The molecule has 5 nitrogen and oxygen atoms in total. The second-order valence-electron chi connectivity index (χ2n) is 4.20. The average Bonchev–Trinajstić information content (AvgIpc) is 2.28. The van der Waals surface area contributed by atoms with Crippen LogP contribution in [0.5, 0.6) is 5.75 Å². The van der Waals surface area contributed by atoms with Gasteiger partial charge in [-0.15, -0.1) is 0 Å². The molecule has 3 N–H and O–H groups in total. The van der Waals surface area contributed by atoms with Crippen molar-refractivity contribution in [1.82, 2.24) is 0 Å². The zero-order valence-electron chi connectivity index (χ0n) is 10.7. The van der Waals surface area contributed by atoms with Crippen LogP contribution in [0.2, 0.25) is 0 Å². The Hall–Kier alpha value is -1.75. The summed E-state index contributed by atoms with van der Waals surface area (Å²) in [6, 6.07) is 7.38. The van der Waals surface area contributed by atoms with Gasteiger partial charge in [0.2, 0.25) is 0 Å². The van der Waals surface area contributed by atoms with Gasteiger partial charge in [0.15, 0.2) is 0 Å². The fourth-order valence-electron chi connectivity index (χ4n) is 0.832. The van der Waals surface area contributed by atoms with E-state index in [1.807, 2.05) is 45.0 Å². The third-order valence-corrected chi connectivity index (χ3v) is 1.66. The minimum absolute atomic E-state index is 0.318. The molecule has 0 heterocycles. The van der Waals surface area contributed by atoms with Crippen LogP contribution in [0.25, 0.3) is 0 Å². The third-order valence-electron chi connectivity index (χ3n) is 1.66. The van der Waals surface area contributed by atoms with Gasteiger partial charge in [-0.3, -0.25) is 10.6 Å². The first-order chi connectivity index (χ1) is 7.92. The summed E-state index contributed by atoms with van der Waals surface area (Å²) in [6.45, 7) is 5.92. The lowest BCUT2D eigenvalue weighted by Gasteiger charge is -2.14. The lowest BCUT2D eigenvalue weighted by Crippen LogP contribution is -2.17. The summed E-state index contributed by atoms with van der Waals surface area (Å²) < 4.78 is 9.49. The largest absolute Gasteiger partial charge is 0.497 e. The van der Waals surface area contributed by atoms with E-state index in [2.05, 4.69) is 10.2 Å². The summed E-state index contributed by atoms with van der Waals surface area (Å²) in [7, 11) is 1.63. The summed E-state index contributed by atoms with van der Waals surface area (Å²) in [5.74, 6) is 5.98. The van der Waals surface area contributed by atoms with Gasteiger partial charge < -0.3 is 14.9 Å². The quantitative estimate of drug-likeness (QED) is 0.480. The molecule has 0 aliphatic heterocycles. The number of anilines is 1. The van der Waals surface area contributed by atoms with E-state index < -0.39 is 0 Å². The van der Waals surface area contributed by atoms with Crippen LogP contribution < -0.4 is 16.0 Å². The first-order valence-corrected chi connectivity index (χ1v) is 5.15. The third kappa shape index (κ3) is 8.10. The number of hydrogen-bond donors (Lipinski definition) is 2. The maximum absolute atomic E-state index is 9.60. The Bertz CT molecular complexity index is 295. The second-order valence-corrected chi connectivity index (χ2v) is 4.20. The number of carbonyl (C=O) groups excluding carboxylic acids is 1. The molecule has 0 aliphatic rings. The molecule has 0 unspecified atom stereocenters. The van der Waals surface area contributed by atoms with E-state index in [1.54, 1.807) is 7.11 Å². The normalized spacial score (nSPS) is 9.71. The molecule has 0 aromatic heterocycles. The molecule has 17 heavy (non-hydrogen) atoms. The van der Waals surface area contributed by atoms with E-state index in [-0.39, 0.29) is 5.60 Å². The van der Waals surface area contributed by atoms with Gasteiger partial charge in [-0.25, -0.2) is 0 Å². The van der Waals surface area contributed by atoms with Crippen LogP contribution in [0.1, 0.15) is 20.8 Å². The van der Waals surface area contributed by atoms with E-state index in [1.165, 1.54) is 0 Å². The lowest BCUT2D eigenvalue weighted by molar-refractivity contribution is -0.138. The zero-order valence-corrected chi connectivity index (χ0v) is 10.7. The predicted octanol–water partition coefficient (Wildman–Crippen LogP) is 1.94.